The van der Waals surface area contributed by atoms with Gasteiger partial charge in [0.25, 0.3) is 0 Å². The molecule has 0 aliphatic heterocycles. The van der Waals surface area contributed by atoms with Crippen LogP contribution in [0.4, 0.5) is 5.69 Å². The van der Waals surface area contributed by atoms with E-state index < -0.39 is 0 Å². The maximum absolute atomic E-state index is 9.27. The summed E-state index contributed by atoms with van der Waals surface area (Å²) in [7, 11) is 0. The predicted molar refractivity (Wildman–Crippen MR) is 88.4 cm³/mol. The lowest BCUT2D eigenvalue weighted by Gasteiger charge is -2.14. The number of aromatic hydroxyl groups is 1. The molecule has 0 unspecified atom stereocenters. The molecule has 0 heterocycles. The van der Waals surface area contributed by atoms with Crippen molar-refractivity contribution < 1.29 is 9.84 Å². The van der Waals surface area contributed by atoms with Crippen LogP contribution in [-0.4, -0.2) is 11.7 Å². The van der Waals surface area contributed by atoms with Gasteiger partial charge in [0.15, 0.2) is 0 Å². The first-order chi connectivity index (χ1) is 9.60. The number of phenolic OH excluding ortho intramolecular Hbond substituents is 1. The van der Waals surface area contributed by atoms with E-state index in [1.807, 2.05) is 31.2 Å². The van der Waals surface area contributed by atoms with Gasteiger partial charge in [-0.05, 0) is 59.3 Å². The summed E-state index contributed by atoms with van der Waals surface area (Å²) in [5.74, 6) is 1.11. The van der Waals surface area contributed by atoms with E-state index in [0.717, 1.165) is 25.9 Å². The smallest absolute Gasteiger partial charge is 0.138 e. The molecule has 2 aromatic carbocycles. The van der Waals surface area contributed by atoms with Crippen LogP contribution in [0.5, 0.6) is 11.5 Å². The molecule has 0 aromatic heterocycles. The van der Waals surface area contributed by atoms with Crippen LogP contribution in [-0.2, 0) is 6.54 Å². The van der Waals surface area contributed by atoms with E-state index in [9.17, 15) is 5.11 Å². The number of halogens is 2. The van der Waals surface area contributed by atoms with Gasteiger partial charge in [-0.2, -0.15) is 0 Å². The van der Waals surface area contributed by atoms with Crippen LogP contribution in [0.15, 0.2) is 45.3 Å². The molecule has 0 amide bonds. The van der Waals surface area contributed by atoms with Crippen LogP contribution in [0.3, 0.4) is 0 Å². The van der Waals surface area contributed by atoms with Gasteiger partial charge in [-0.15, -0.1) is 0 Å². The Bertz CT molecular complexity index is 585. The minimum Gasteiger partial charge on any atom is -0.508 e. The van der Waals surface area contributed by atoms with Gasteiger partial charge in [0, 0.05) is 22.3 Å². The van der Waals surface area contributed by atoms with Gasteiger partial charge in [0.1, 0.15) is 11.5 Å². The number of hydrogen-bond acceptors (Lipinski definition) is 3. The number of benzene rings is 2. The second kappa shape index (κ2) is 6.99. The number of hydrogen-bond donors (Lipinski definition) is 2. The Morgan fingerprint density at radius 1 is 1.15 bits per heavy atom. The zero-order valence-electron chi connectivity index (χ0n) is 11.0. The molecule has 0 saturated carbocycles. The summed E-state index contributed by atoms with van der Waals surface area (Å²) >= 11 is 7.01. The average Bonchev–Trinajstić information content (AvgIpc) is 2.41. The minimum absolute atomic E-state index is 0.260. The number of phenols is 1. The standard InChI is InChI=1S/C15H15Br2NO2/c1-2-20-15-10(7-11(16)8-14(15)17)9-18-12-3-5-13(19)6-4-12/h3-8,18-19H,2,9H2,1H3. The van der Waals surface area contributed by atoms with Crippen molar-refractivity contribution in [3.8, 4) is 11.5 Å². The van der Waals surface area contributed by atoms with Crippen LogP contribution in [0.1, 0.15) is 12.5 Å². The molecule has 0 aliphatic carbocycles. The molecular formula is C15H15Br2NO2. The highest BCUT2D eigenvalue weighted by atomic mass is 79.9. The fraction of sp³-hybridized carbons (Fsp3) is 0.200. The second-order valence-electron chi connectivity index (χ2n) is 4.21. The SMILES string of the molecule is CCOc1c(Br)cc(Br)cc1CNc1ccc(O)cc1. The Kier molecular flexibility index (Phi) is 5.31. The maximum atomic E-state index is 9.27. The third-order valence-electron chi connectivity index (χ3n) is 2.72. The lowest BCUT2D eigenvalue weighted by Crippen LogP contribution is -2.04. The van der Waals surface area contributed by atoms with Gasteiger partial charge in [-0.3, -0.25) is 0 Å². The van der Waals surface area contributed by atoms with E-state index in [2.05, 4.69) is 37.2 Å². The molecule has 3 nitrogen and oxygen atoms in total. The van der Waals surface area contributed by atoms with E-state index in [-0.39, 0.29) is 5.75 Å². The zero-order chi connectivity index (χ0) is 14.5. The fourth-order valence-corrected chi connectivity index (χ4v) is 3.26. The maximum Gasteiger partial charge on any atom is 0.138 e. The summed E-state index contributed by atoms with van der Waals surface area (Å²) in [6, 6.07) is 11.0. The highest BCUT2D eigenvalue weighted by Gasteiger charge is 2.09. The third kappa shape index (κ3) is 3.90. The molecule has 0 fully saturated rings. The summed E-state index contributed by atoms with van der Waals surface area (Å²) in [5.41, 5.74) is 2.00. The van der Waals surface area contributed by atoms with Crippen molar-refractivity contribution in [2.75, 3.05) is 11.9 Å². The molecule has 5 heteroatoms. The molecule has 0 spiro atoms. The van der Waals surface area contributed by atoms with Crippen LogP contribution in [0, 0.1) is 0 Å². The molecule has 0 aliphatic rings. The van der Waals surface area contributed by atoms with Crippen molar-refractivity contribution in [2.24, 2.45) is 0 Å². The Morgan fingerprint density at radius 2 is 1.85 bits per heavy atom. The summed E-state index contributed by atoms with van der Waals surface area (Å²) in [6.07, 6.45) is 0. The Morgan fingerprint density at radius 3 is 2.50 bits per heavy atom. The second-order valence-corrected chi connectivity index (χ2v) is 5.98. The molecule has 0 saturated heterocycles. The molecule has 0 bridgehead atoms. The third-order valence-corrected chi connectivity index (χ3v) is 3.77. The van der Waals surface area contributed by atoms with Gasteiger partial charge >= 0.3 is 0 Å². The molecule has 106 valence electrons. The molecule has 0 radical (unpaired) electrons. The van der Waals surface area contributed by atoms with Gasteiger partial charge in [-0.1, -0.05) is 15.9 Å². The van der Waals surface area contributed by atoms with E-state index >= 15 is 0 Å². The van der Waals surface area contributed by atoms with E-state index in [4.69, 9.17) is 4.74 Å². The van der Waals surface area contributed by atoms with Crippen molar-refractivity contribution in [1.29, 1.82) is 0 Å². The summed E-state index contributed by atoms with van der Waals surface area (Å²) < 4.78 is 7.61. The van der Waals surface area contributed by atoms with Crippen molar-refractivity contribution in [3.63, 3.8) is 0 Å². The zero-order valence-corrected chi connectivity index (χ0v) is 14.2. The number of nitrogens with one attached hydrogen (secondary N) is 1. The number of ether oxygens (including phenoxy) is 1. The van der Waals surface area contributed by atoms with Crippen LogP contribution in [0.2, 0.25) is 0 Å². The van der Waals surface area contributed by atoms with E-state index in [1.165, 1.54) is 0 Å². The lowest BCUT2D eigenvalue weighted by molar-refractivity contribution is 0.334. The molecule has 2 aromatic rings. The first-order valence-electron chi connectivity index (χ1n) is 6.23. The first-order valence-corrected chi connectivity index (χ1v) is 7.82. The Balaban J connectivity index is 2.17. The molecular weight excluding hydrogens is 386 g/mol. The van der Waals surface area contributed by atoms with Gasteiger partial charge in [0.05, 0.1) is 11.1 Å². The van der Waals surface area contributed by atoms with Crippen molar-refractivity contribution in [2.45, 2.75) is 13.5 Å². The minimum atomic E-state index is 0.260. The first kappa shape index (κ1) is 15.2. The molecule has 0 atom stereocenters. The van der Waals surface area contributed by atoms with Crippen LogP contribution < -0.4 is 10.1 Å². The largest absolute Gasteiger partial charge is 0.508 e. The number of anilines is 1. The van der Waals surface area contributed by atoms with Crippen molar-refractivity contribution in [1.82, 2.24) is 0 Å². The van der Waals surface area contributed by atoms with E-state index in [0.29, 0.717) is 13.2 Å². The summed E-state index contributed by atoms with van der Waals surface area (Å²) in [5, 5.41) is 12.6. The van der Waals surface area contributed by atoms with Crippen molar-refractivity contribution >= 4 is 37.5 Å². The van der Waals surface area contributed by atoms with Crippen molar-refractivity contribution in [3.05, 3.63) is 50.9 Å². The van der Waals surface area contributed by atoms with Gasteiger partial charge in [0.2, 0.25) is 0 Å². The highest BCUT2D eigenvalue weighted by molar-refractivity contribution is 9.11. The molecule has 20 heavy (non-hydrogen) atoms. The van der Waals surface area contributed by atoms with Crippen LogP contribution >= 0.6 is 31.9 Å². The summed E-state index contributed by atoms with van der Waals surface area (Å²) in [4.78, 5) is 0. The number of rotatable bonds is 5. The van der Waals surface area contributed by atoms with Gasteiger partial charge in [-0.25, -0.2) is 0 Å². The highest BCUT2D eigenvalue weighted by Crippen LogP contribution is 2.33. The van der Waals surface area contributed by atoms with Gasteiger partial charge < -0.3 is 15.2 Å². The lowest BCUT2D eigenvalue weighted by atomic mass is 10.2. The average molecular weight is 401 g/mol. The predicted octanol–water partition coefficient (Wildman–Crippen LogP) is 4.93. The Labute approximate surface area is 135 Å². The topological polar surface area (TPSA) is 41.5 Å². The summed E-state index contributed by atoms with van der Waals surface area (Å²) in [6.45, 7) is 3.22. The molecule has 2 N–H and O–H groups in total. The molecule has 2 rings (SSSR count). The fourth-order valence-electron chi connectivity index (χ4n) is 1.83. The Hall–Kier alpha value is -1.20. The quantitative estimate of drug-likeness (QED) is 0.699. The monoisotopic (exact) mass is 399 g/mol. The van der Waals surface area contributed by atoms with E-state index in [1.54, 1.807) is 12.1 Å². The normalized spacial score (nSPS) is 10.3. The van der Waals surface area contributed by atoms with Crippen LogP contribution in [0.25, 0.3) is 0 Å².